The number of nitrogens with one attached hydrogen (secondary N) is 2. The highest BCUT2D eigenvalue weighted by Crippen LogP contribution is 2.21. The lowest BCUT2D eigenvalue weighted by atomic mass is 10.2. The largest absolute Gasteiger partial charge is 0.454 e. The van der Waals surface area contributed by atoms with Crippen molar-refractivity contribution >= 4 is 62.6 Å². The van der Waals surface area contributed by atoms with Crippen molar-refractivity contribution in [1.82, 2.24) is 5.32 Å². The molecule has 0 spiro atoms. The summed E-state index contributed by atoms with van der Waals surface area (Å²) in [6.07, 6.45) is 0. The molecule has 0 saturated heterocycles. The molecule has 0 unspecified atom stereocenters. The topological polar surface area (TPSA) is 84.5 Å². The summed E-state index contributed by atoms with van der Waals surface area (Å²) in [5.41, 5.74) is 0.0854. The van der Waals surface area contributed by atoms with Crippen LogP contribution in [-0.2, 0) is 14.3 Å². The Balaban J connectivity index is 1.78. The molecule has 0 heterocycles. The Morgan fingerprint density at radius 2 is 1.85 bits per heavy atom. The van der Waals surface area contributed by atoms with Crippen LogP contribution in [0.4, 0.5) is 10.1 Å². The number of hydrogen-bond donors (Lipinski definition) is 2. The highest BCUT2D eigenvalue weighted by Gasteiger charge is 2.14. The van der Waals surface area contributed by atoms with E-state index in [-0.39, 0.29) is 16.3 Å². The van der Waals surface area contributed by atoms with Gasteiger partial charge in [-0.2, -0.15) is 0 Å². The lowest BCUT2D eigenvalue weighted by molar-refractivity contribution is -0.146. The van der Waals surface area contributed by atoms with Crippen LogP contribution < -0.4 is 10.6 Å². The van der Waals surface area contributed by atoms with Crippen molar-refractivity contribution in [2.75, 3.05) is 18.5 Å². The third-order valence-electron chi connectivity index (χ3n) is 3.14. The second-order valence-corrected chi connectivity index (χ2v) is 6.90. The summed E-state index contributed by atoms with van der Waals surface area (Å²) in [4.78, 5) is 35.3. The number of esters is 1. The summed E-state index contributed by atoms with van der Waals surface area (Å²) in [5, 5.41) is 5.07. The normalized spacial score (nSPS) is 10.2. The number of anilines is 1. The fraction of sp³-hybridized carbons (Fsp3) is 0.118. The average Bonchev–Trinajstić information content (AvgIpc) is 2.60. The van der Waals surface area contributed by atoms with Gasteiger partial charge in [0.05, 0.1) is 16.3 Å². The Morgan fingerprint density at radius 1 is 1.11 bits per heavy atom. The quantitative estimate of drug-likeness (QED) is 0.619. The highest BCUT2D eigenvalue weighted by molar-refractivity contribution is 9.10. The number of rotatable bonds is 6. The summed E-state index contributed by atoms with van der Waals surface area (Å²) in [7, 11) is 0. The Kier molecular flexibility index (Phi) is 7.58. The van der Waals surface area contributed by atoms with Gasteiger partial charge in [-0.25, -0.2) is 4.39 Å². The number of carbonyl (C=O) groups is 3. The van der Waals surface area contributed by atoms with E-state index in [0.717, 1.165) is 0 Å². The van der Waals surface area contributed by atoms with E-state index in [2.05, 4.69) is 26.6 Å². The first-order chi connectivity index (χ1) is 12.8. The lowest BCUT2D eigenvalue weighted by Crippen LogP contribution is -2.32. The highest BCUT2D eigenvalue weighted by atomic mass is 79.9. The minimum Gasteiger partial charge on any atom is -0.454 e. The molecule has 0 radical (unpaired) electrons. The van der Waals surface area contributed by atoms with Crippen molar-refractivity contribution in [3.63, 3.8) is 0 Å². The van der Waals surface area contributed by atoms with Gasteiger partial charge < -0.3 is 15.4 Å². The first kappa shape index (κ1) is 21.1. The molecule has 2 aromatic carbocycles. The molecule has 10 heteroatoms. The van der Waals surface area contributed by atoms with Crippen molar-refractivity contribution in [3.8, 4) is 0 Å². The minimum absolute atomic E-state index is 0.0510. The smallest absolute Gasteiger partial charge is 0.325 e. The van der Waals surface area contributed by atoms with Gasteiger partial charge in [0.1, 0.15) is 12.4 Å². The van der Waals surface area contributed by atoms with Crippen molar-refractivity contribution in [2.45, 2.75) is 0 Å². The van der Waals surface area contributed by atoms with Crippen molar-refractivity contribution in [3.05, 3.63) is 62.3 Å². The van der Waals surface area contributed by atoms with E-state index in [1.807, 2.05) is 0 Å². The van der Waals surface area contributed by atoms with Crippen LogP contribution in [0.5, 0.6) is 0 Å². The SMILES string of the molecule is O=C(COC(=O)CNC(=O)c1ccc(Cl)cc1Cl)Nc1ccc(Br)cc1F. The van der Waals surface area contributed by atoms with E-state index in [0.29, 0.717) is 9.50 Å². The molecular weight excluding hydrogens is 466 g/mol. The van der Waals surface area contributed by atoms with Gasteiger partial charge in [-0.1, -0.05) is 39.1 Å². The van der Waals surface area contributed by atoms with Crippen LogP contribution >= 0.6 is 39.1 Å². The van der Waals surface area contributed by atoms with Gasteiger partial charge in [-0.05, 0) is 36.4 Å². The Hall–Kier alpha value is -2.16. The van der Waals surface area contributed by atoms with E-state index in [9.17, 15) is 18.8 Å². The number of benzene rings is 2. The van der Waals surface area contributed by atoms with Gasteiger partial charge >= 0.3 is 5.97 Å². The summed E-state index contributed by atoms with van der Waals surface area (Å²) >= 11 is 14.7. The fourth-order valence-corrected chi connectivity index (χ4v) is 2.72. The third kappa shape index (κ3) is 6.50. The number of halogens is 4. The maximum Gasteiger partial charge on any atom is 0.325 e. The number of ether oxygens (including phenoxy) is 1. The zero-order valence-corrected chi connectivity index (χ0v) is 16.6. The van der Waals surface area contributed by atoms with Gasteiger partial charge in [0, 0.05) is 9.50 Å². The molecule has 0 aliphatic heterocycles. The molecule has 2 N–H and O–H groups in total. The molecule has 2 aromatic rings. The van der Waals surface area contributed by atoms with Crippen LogP contribution in [0.25, 0.3) is 0 Å². The molecule has 2 amide bonds. The summed E-state index contributed by atoms with van der Waals surface area (Å²) < 4.78 is 18.9. The zero-order valence-electron chi connectivity index (χ0n) is 13.5. The van der Waals surface area contributed by atoms with Gasteiger partial charge in [0.15, 0.2) is 6.61 Å². The lowest BCUT2D eigenvalue weighted by Gasteiger charge is -2.09. The first-order valence-electron chi connectivity index (χ1n) is 7.40. The molecule has 0 aromatic heterocycles. The van der Waals surface area contributed by atoms with Crippen LogP contribution in [-0.4, -0.2) is 30.9 Å². The first-order valence-corrected chi connectivity index (χ1v) is 8.95. The Morgan fingerprint density at radius 3 is 2.52 bits per heavy atom. The maximum atomic E-state index is 13.6. The van der Waals surface area contributed by atoms with E-state index in [1.54, 1.807) is 6.07 Å². The van der Waals surface area contributed by atoms with Crippen LogP contribution in [0.3, 0.4) is 0 Å². The molecular formula is C17H12BrCl2FN2O4. The molecule has 27 heavy (non-hydrogen) atoms. The second-order valence-electron chi connectivity index (χ2n) is 5.14. The predicted molar refractivity (Wildman–Crippen MR) is 102 cm³/mol. The number of carbonyl (C=O) groups excluding carboxylic acids is 3. The third-order valence-corrected chi connectivity index (χ3v) is 4.18. The molecule has 0 atom stereocenters. The van der Waals surface area contributed by atoms with Crippen LogP contribution in [0.1, 0.15) is 10.4 Å². The molecule has 142 valence electrons. The second kappa shape index (κ2) is 9.68. The average molecular weight is 478 g/mol. The molecule has 0 aliphatic carbocycles. The monoisotopic (exact) mass is 476 g/mol. The van der Waals surface area contributed by atoms with E-state index < -0.39 is 36.8 Å². The predicted octanol–water partition coefficient (Wildman–Crippen LogP) is 3.81. The molecule has 2 rings (SSSR count). The minimum atomic E-state index is -0.847. The summed E-state index contributed by atoms with van der Waals surface area (Å²) in [5.74, 6) is -2.82. The standard InChI is InChI=1S/C17H12BrCl2FN2O4/c18-9-1-4-14(13(21)5-9)23-15(24)8-27-16(25)7-22-17(26)11-3-2-10(19)6-12(11)20/h1-6H,7-8H2,(H,22,26)(H,23,24). The zero-order chi connectivity index (χ0) is 20.0. The van der Waals surface area contributed by atoms with Crippen LogP contribution in [0.2, 0.25) is 10.0 Å². The molecule has 0 saturated carbocycles. The molecule has 0 aliphatic rings. The summed E-state index contributed by atoms with van der Waals surface area (Å²) in [6, 6.07) is 8.36. The number of amides is 2. The van der Waals surface area contributed by atoms with Gasteiger partial charge in [0.25, 0.3) is 11.8 Å². The van der Waals surface area contributed by atoms with Crippen molar-refractivity contribution < 1.29 is 23.5 Å². The van der Waals surface area contributed by atoms with Crippen molar-refractivity contribution in [1.29, 1.82) is 0 Å². The number of hydrogen-bond acceptors (Lipinski definition) is 4. The Labute approximate surface area is 172 Å². The van der Waals surface area contributed by atoms with E-state index in [1.165, 1.54) is 30.3 Å². The maximum absolute atomic E-state index is 13.6. The van der Waals surface area contributed by atoms with E-state index in [4.69, 9.17) is 27.9 Å². The van der Waals surface area contributed by atoms with Crippen LogP contribution in [0.15, 0.2) is 40.9 Å². The molecule has 6 nitrogen and oxygen atoms in total. The molecule has 0 bridgehead atoms. The fourth-order valence-electron chi connectivity index (χ4n) is 1.90. The van der Waals surface area contributed by atoms with E-state index >= 15 is 0 Å². The van der Waals surface area contributed by atoms with Gasteiger partial charge in [-0.3, -0.25) is 14.4 Å². The van der Waals surface area contributed by atoms with Gasteiger partial charge in [0.2, 0.25) is 0 Å². The van der Waals surface area contributed by atoms with Crippen LogP contribution in [0, 0.1) is 5.82 Å². The summed E-state index contributed by atoms with van der Waals surface area (Å²) in [6.45, 7) is -1.11. The van der Waals surface area contributed by atoms with Crippen molar-refractivity contribution in [2.24, 2.45) is 0 Å². The van der Waals surface area contributed by atoms with Gasteiger partial charge in [-0.15, -0.1) is 0 Å². The molecule has 0 fully saturated rings. The Bertz CT molecular complexity index is 895.